The normalized spacial score (nSPS) is 20.0. The predicted octanol–water partition coefficient (Wildman–Crippen LogP) is 1.49. The minimum Gasteiger partial charge on any atom is -0.318 e. The molecule has 0 spiro atoms. The molecule has 0 atom stereocenters. The Labute approximate surface area is 94.6 Å². The molecule has 0 amide bonds. The zero-order valence-electron chi connectivity index (χ0n) is 10.4. The van der Waals surface area contributed by atoms with Crippen LogP contribution in [0.2, 0.25) is 0 Å². The van der Waals surface area contributed by atoms with Gasteiger partial charge in [-0.3, -0.25) is 4.90 Å². The Hall–Kier alpha value is -0.120. The molecular weight excluding hydrogens is 186 g/mol. The highest BCUT2D eigenvalue weighted by Crippen LogP contribution is 2.15. The molecule has 0 unspecified atom stereocenters. The van der Waals surface area contributed by atoms with Gasteiger partial charge >= 0.3 is 0 Å². The number of hydrogen-bond acceptors (Lipinski definition) is 3. The van der Waals surface area contributed by atoms with Crippen molar-refractivity contribution in [2.24, 2.45) is 5.73 Å². The summed E-state index contributed by atoms with van der Waals surface area (Å²) in [5.41, 5.74) is 5.65. The first-order valence-electron chi connectivity index (χ1n) is 6.40. The second-order valence-corrected chi connectivity index (χ2v) is 4.72. The molecule has 1 saturated heterocycles. The molecule has 3 nitrogen and oxygen atoms in total. The van der Waals surface area contributed by atoms with E-state index in [2.05, 4.69) is 23.8 Å². The zero-order chi connectivity index (χ0) is 11.1. The molecule has 1 aliphatic heterocycles. The maximum absolute atomic E-state index is 5.65. The summed E-state index contributed by atoms with van der Waals surface area (Å²) in [6.45, 7) is 6.79. The number of unbranched alkanes of at least 4 members (excludes halogenated alkanes) is 2. The number of nitrogens with two attached hydrogens (primary N) is 1. The molecule has 2 N–H and O–H groups in total. The summed E-state index contributed by atoms with van der Waals surface area (Å²) < 4.78 is 0. The Morgan fingerprint density at radius 3 is 2.47 bits per heavy atom. The lowest BCUT2D eigenvalue weighted by molar-refractivity contribution is 0.128. The highest BCUT2D eigenvalue weighted by molar-refractivity contribution is 4.77. The average molecular weight is 213 g/mol. The average Bonchev–Trinajstić information content (AvgIpc) is 2.29. The summed E-state index contributed by atoms with van der Waals surface area (Å²) in [4.78, 5) is 4.89. The van der Waals surface area contributed by atoms with Crippen LogP contribution in [-0.4, -0.2) is 49.2 Å². The molecule has 0 aromatic rings. The van der Waals surface area contributed by atoms with Crippen molar-refractivity contribution in [3.63, 3.8) is 0 Å². The smallest absolute Gasteiger partial charge is 0.0455 e. The van der Waals surface area contributed by atoms with Gasteiger partial charge in [0.25, 0.3) is 0 Å². The van der Waals surface area contributed by atoms with E-state index in [1.165, 1.54) is 51.7 Å². The van der Waals surface area contributed by atoms with Crippen molar-refractivity contribution in [2.45, 2.75) is 45.1 Å². The fraction of sp³-hybridized carbons (Fsp3) is 1.00. The van der Waals surface area contributed by atoms with Gasteiger partial charge < -0.3 is 10.6 Å². The number of rotatable bonds is 6. The third kappa shape index (κ3) is 4.49. The van der Waals surface area contributed by atoms with Gasteiger partial charge in [-0.1, -0.05) is 19.8 Å². The third-order valence-corrected chi connectivity index (χ3v) is 3.55. The third-order valence-electron chi connectivity index (χ3n) is 3.55. The summed E-state index contributed by atoms with van der Waals surface area (Å²) in [6.07, 6.45) is 6.66. The van der Waals surface area contributed by atoms with E-state index >= 15 is 0 Å². The van der Waals surface area contributed by atoms with E-state index in [9.17, 15) is 0 Å². The van der Waals surface area contributed by atoms with Crippen molar-refractivity contribution in [2.75, 3.05) is 33.4 Å². The van der Waals surface area contributed by atoms with Gasteiger partial charge in [-0.25, -0.2) is 0 Å². The molecule has 0 radical (unpaired) electrons. The minimum atomic E-state index is 0.695. The molecule has 1 aliphatic rings. The van der Waals surface area contributed by atoms with Crippen molar-refractivity contribution in [1.82, 2.24) is 9.80 Å². The number of nitrogens with zero attached hydrogens (tertiary/aromatic N) is 2. The first-order valence-corrected chi connectivity index (χ1v) is 6.40. The van der Waals surface area contributed by atoms with Gasteiger partial charge in [-0.2, -0.15) is 0 Å². The van der Waals surface area contributed by atoms with E-state index in [-0.39, 0.29) is 0 Å². The first-order chi connectivity index (χ1) is 7.27. The summed E-state index contributed by atoms with van der Waals surface area (Å²) in [5, 5.41) is 0. The maximum Gasteiger partial charge on any atom is 0.0455 e. The van der Waals surface area contributed by atoms with E-state index in [4.69, 9.17) is 5.73 Å². The van der Waals surface area contributed by atoms with Crippen LogP contribution in [-0.2, 0) is 0 Å². The molecule has 0 aromatic heterocycles. The van der Waals surface area contributed by atoms with Gasteiger partial charge in [0.05, 0.1) is 0 Å². The first kappa shape index (κ1) is 12.9. The summed E-state index contributed by atoms with van der Waals surface area (Å²) in [6, 6.07) is 0.720. The maximum atomic E-state index is 5.65. The Bertz CT molecular complexity index is 153. The van der Waals surface area contributed by atoms with Crippen LogP contribution in [0.25, 0.3) is 0 Å². The highest BCUT2D eigenvalue weighted by atomic mass is 15.2. The van der Waals surface area contributed by atoms with Crippen LogP contribution >= 0.6 is 0 Å². The van der Waals surface area contributed by atoms with Crippen LogP contribution in [0, 0.1) is 0 Å². The van der Waals surface area contributed by atoms with Gasteiger partial charge in [-0.05, 0) is 45.9 Å². The lowest BCUT2D eigenvalue weighted by atomic mass is 10.0. The predicted molar refractivity (Wildman–Crippen MR) is 65.8 cm³/mol. The topological polar surface area (TPSA) is 32.5 Å². The fourth-order valence-electron chi connectivity index (χ4n) is 2.32. The highest BCUT2D eigenvalue weighted by Gasteiger charge is 2.20. The van der Waals surface area contributed by atoms with Crippen LogP contribution in [0.15, 0.2) is 0 Å². The van der Waals surface area contributed by atoms with Gasteiger partial charge in [0, 0.05) is 12.7 Å². The second kappa shape index (κ2) is 7.20. The van der Waals surface area contributed by atoms with Crippen molar-refractivity contribution in [3.8, 4) is 0 Å². The Morgan fingerprint density at radius 2 is 1.93 bits per heavy atom. The molecule has 15 heavy (non-hydrogen) atoms. The summed E-state index contributed by atoms with van der Waals surface area (Å²) in [7, 11) is 2.14. The summed E-state index contributed by atoms with van der Waals surface area (Å²) in [5.74, 6) is 0. The Morgan fingerprint density at radius 1 is 1.27 bits per heavy atom. The van der Waals surface area contributed by atoms with Crippen LogP contribution in [0.3, 0.4) is 0 Å². The molecule has 1 heterocycles. The van der Waals surface area contributed by atoms with Crippen LogP contribution < -0.4 is 5.73 Å². The van der Waals surface area contributed by atoms with Gasteiger partial charge in [0.2, 0.25) is 0 Å². The molecule has 1 fully saturated rings. The van der Waals surface area contributed by atoms with E-state index in [1.807, 2.05) is 0 Å². The van der Waals surface area contributed by atoms with E-state index in [0.717, 1.165) is 6.04 Å². The Balaban J connectivity index is 2.12. The number of hydrogen-bond donors (Lipinski definition) is 1. The Kier molecular flexibility index (Phi) is 6.22. The van der Waals surface area contributed by atoms with Crippen LogP contribution in [0.4, 0.5) is 0 Å². The quantitative estimate of drug-likeness (QED) is 0.536. The molecule has 1 rings (SSSR count). The zero-order valence-corrected chi connectivity index (χ0v) is 10.4. The number of piperidine rings is 1. The molecular formula is C12H27N3. The van der Waals surface area contributed by atoms with Crippen LogP contribution in [0.1, 0.15) is 39.0 Å². The SMILES string of the molecule is CCCCCN1CCC(N(C)CN)CC1. The molecule has 0 aliphatic carbocycles. The van der Waals surface area contributed by atoms with Gasteiger partial charge in [-0.15, -0.1) is 0 Å². The van der Waals surface area contributed by atoms with E-state index in [1.54, 1.807) is 0 Å². The van der Waals surface area contributed by atoms with Gasteiger partial charge in [0.15, 0.2) is 0 Å². The standard InChI is InChI=1S/C12H27N3/c1-3-4-5-8-15-9-6-12(7-10-15)14(2)11-13/h12H,3-11,13H2,1-2H3. The van der Waals surface area contributed by atoms with Crippen molar-refractivity contribution < 1.29 is 0 Å². The number of likely N-dealkylation sites (tertiary alicyclic amines) is 1. The molecule has 0 aromatic carbocycles. The summed E-state index contributed by atoms with van der Waals surface area (Å²) >= 11 is 0. The van der Waals surface area contributed by atoms with Crippen molar-refractivity contribution >= 4 is 0 Å². The molecule has 90 valence electrons. The fourth-order valence-corrected chi connectivity index (χ4v) is 2.32. The second-order valence-electron chi connectivity index (χ2n) is 4.72. The molecule has 3 heteroatoms. The van der Waals surface area contributed by atoms with Gasteiger partial charge in [0.1, 0.15) is 0 Å². The minimum absolute atomic E-state index is 0.695. The monoisotopic (exact) mass is 213 g/mol. The lowest BCUT2D eigenvalue weighted by Gasteiger charge is -2.36. The largest absolute Gasteiger partial charge is 0.318 e. The van der Waals surface area contributed by atoms with Crippen molar-refractivity contribution in [3.05, 3.63) is 0 Å². The molecule has 0 saturated carbocycles. The van der Waals surface area contributed by atoms with E-state index in [0.29, 0.717) is 6.67 Å². The van der Waals surface area contributed by atoms with Crippen molar-refractivity contribution in [1.29, 1.82) is 0 Å². The van der Waals surface area contributed by atoms with E-state index < -0.39 is 0 Å². The molecule has 0 bridgehead atoms. The van der Waals surface area contributed by atoms with Crippen LogP contribution in [0.5, 0.6) is 0 Å². The lowest BCUT2D eigenvalue weighted by Crippen LogP contribution is -2.45.